The van der Waals surface area contributed by atoms with Gasteiger partial charge in [-0.25, -0.2) is 4.57 Å². The number of unbranched alkanes of at least 4 members (excludes halogenated alkanes) is 30. The molecule has 0 aromatic carbocycles. The number of aliphatic hydroxyl groups is 1. The van der Waals surface area contributed by atoms with E-state index in [4.69, 9.17) is 13.8 Å². The summed E-state index contributed by atoms with van der Waals surface area (Å²) in [7, 11) is -4.41. The van der Waals surface area contributed by atoms with Gasteiger partial charge in [-0.3, -0.25) is 18.6 Å². The third-order valence-corrected chi connectivity index (χ3v) is 11.4. The summed E-state index contributed by atoms with van der Waals surface area (Å²) >= 11 is 0. The number of nitrogens with one attached hydrogen (secondary N) is 1. The van der Waals surface area contributed by atoms with Crippen LogP contribution in [-0.2, 0) is 27.9 Å². The number of amides is 1. The SMILES string of the molecule is CCCCCCCC/C=C\CCCCCCCCCC(=O)OCC(O)COP(=O)(O)OCCNC(=O)CCCCCCCCCCCCCCCCCCCC. The predicted molar refractivity (Wildman–Crippen MR) is 234 cm³/mol. The van der Waals surface area contributed by atoms with Gasteiger partial charge in [-0.15, -0.1) is 0 Å². The van der Waals surface area contributed by atoms with Crippen LogP contribution < -0.4 is 5.32 Å². The van der Waals surface area contributed by atoms with E-state index in [0.29, 0.717) is 6.42 Å². The number of allylic oxidation sites excluding steroid dienone is 2. The zero-order valence-corrected chi connectivity index (χ0v) is 37.5. The first-order chi connectivity index (χ1) is 27.3. The highest BCUT2D eigenvalue weighted by Crippen LogP contribution is 2.42. The van der Waals surface area contributed by atoms with Crippen LogP contribution >= 0.6 is 7.82 Å². The second-order valence-electron chi connectivity index (χ2n) is 16.1. The Kier molecular flexibility index (Phi) is 42.4. The molecule has 0 heterocycles. The Morgan fingerprint density at radius 1 is 0.536 bits per heavy atom. The van der Waals surface area contributed by atoms with Crippen molar-refractivity contribution in [3.63, 3.8) is 0 Å². The molecule has 56 heavy (non-hydrogen) atoms. The van der Waals surface area contributed by atoms with Crippen molar-refractivity contribution in [3.8, 4) is 0 Å². The Bertz CT molecular complexity index is 933. The molecule has 0 aliphatic rings. The van der Waals surface area contributed by atoms with Crippen LogP contribution in [0.3, 0.4) is 0 Å². The van der Waals surface area contributed by atoms with Gasteiger partial charge in [0.1, 0.15) is 12.7 Å². The molecule has 2 unspecified atom stereocenters. The Morgan fingerprint density at radius 3 is 1.34 bits per heavy atom. The molecule has 0 aromatic heterocycles. The molecule has 0 saturated heterocycles. The fourth-order valence-corrected chi connectivity index (χ4v) is 7.60. The van der Waals surface area contributed by atoms with Crippen LogP contribution in [0.4, 0.5) is 0 Å². The molecule has 0 radical (unpaired) electrons. The molecule has 0 rings (SSSR count). The first-order valence-electron chi connectivity index (χ1n) is 23.7. The van der Waals surface area contributed by atoms with Gasteiger partial charge in [-0.05, 0) is 38.5 Å². The van der Waals surface area contributed by atoms with Crippen LogP contribution in [0.15, 0.2) is 12.2 Å². The van der Waals surface area contributed by atoms with Crippen molar-refractivity contribution in [3.05, 3.63) is 12.2 Å². The molecule has 0 aromatic rings. The quantitative estimate of drug-likeness (QED) is 0.0240. The average Bonchev–Trinajstić information content (AvgIpc) is 3.18. The molecule has 9 nitrogen and oxygen atoms in total. The van der Waals surface area contributed by atoms with Crippen molar-refractivity contribution in [2.24, 2.45) is 0 Å². The Balaban J connectivity index is 3.55. The molecule has 0 fully saturated rings. The topological polar surface area (TPSA) is 131 Å². The van der Waals surface area contributed by atoms with E-state index in [-0.39, 0.29) is 32.1 Å². The lowest BCUT2D eigenvalue weighted by atomic mass is 10.0. The maximum Gasteiger partial charge on any atom is 0.472 e. The maximum absolute atomic E-state index is 12.1. The van der Waals surface area contributed by atoms with Gasteiger partial charge in [0, 0.05) is 19.4 Å². The highest BCUT2D eigenvalue weighted by Gasteiger charge is 2.23. The van der Waals surface area contributed by atoms with Gasteiger partial charge in [0.05, 0.1) is 13.2 Å². The molecule has 332 valence electrons. The van der Waals surface area contributed by atoms with Crippen molar-refractivity contribution in [1.29, 1.82) is 0 Å². The van der Waals surface area contributed by atoms with Crippen LogP contribution in [0, 0.1) is 0 Å². The number of hydrogen-bond acceptors (Lipinski definition) is 7. The molecule has 0 aliphatic carbocycles. The summed E-state index contributed by atoms with van der Waals surface area (Å²) in [5, 5.41) is 12.7. The Morgan fingerprint density at radius 2 is 0.911 bits per heavy atom. The monoisotopic (exact) mass is 816 g/mol. The number of ether oxygens (including phenoxy) is 1. The molecule has 10 heteroatoms. The minimum atomic E-state index is -4.41. The lowest BCUT2D eigenvalue weighted by Crippen LogP contribution is -2.27. The van der Waals surface area contributed by atoms with E-state index in [2.05, 4.69) is 31.3 Å². The summed E-state index contributed by atoms with van der Waals surface area (Å²) in [6.45, 7) is 3.59. The van der Waals surface area contributed by atoms with Crippen molar-refractivity contribution in [1.82, 2.24) is 5.32 Å². The fourth-order valence-electron chi connectivity index (χ4n) is 6.85. The number of phosphoric ester groups is 1. The van der Waals surface area contributed by atoms with Crippen molar-refractivity contribution >= 4 is 19.7 Å². The molecule has 0 aliphatic heterocycles. The summed E-state index contributed by atoms with van der Waals surface area (Å²) in [4.78, 5) is 34.0. The summed E-state index contributed by atoms with van der Waals surface area (Å²) in [6, 6.07) is 0. The van der Waals surface area contributed by atoms with Gasteiger partial charge in [0.2, 0.25) is 5.91 Å². The number of esters is 1. The summed E-state index contributed by atoms with van der Waals surface area (Å²) in [5.74, 6) is -0.510. The largest absolute Gasteiger partial charge is 0.472 e. The zero-order chi connectivity index (χ0) is 41.1. The van der Waals surface area contributed by atoms with E-state index in [1.165, 1.54) is 173 Å². The molecule has 3 N–H and O–H groups in total. The first kappa shape index (κ1) is 54.8. The van der Waals surface area contributed by atoms with Crippen molar-refractivity contribution in [2.75, 3.05) is 26.4 Å². The van der Waals surface area contributed by atoms with Crippen LogP contribution in [0.25, 0.3) is 0 Å². The van der Waals surface area contributed by atoms with Gasteiger partial charge >= 0.3 is 13.8 Å². The summed E-state index contributed by atoms with van der Waals surface area (Å²) in [5.41, 5.74) is 0. The third kappa shape index (κ3) is 43.9. The van der Waals surface area contributed by atoms with Gasteiger partial charge in [-0.1, -0.05) is 199 Å². The van der Waals surface area contributed by atoms with E-state index in [0.717, 1.165) is 38.5 Å². The predicted octanol–water partition coefficient (Wildman–Crippen LogP) is 13.4. The van der Waals surface area contributed by atoms with Crippen LogP contribution in [0.5, 0.6) is 0 Å². The van der Waals surface area contributed by atoms with Gasteiger partial charge < -0.3 is 20.1 Å². The van der Waals surface area contributed by atoms with Crippen LogP contribution in [0.2, 0.25) is 0 Å². The fraction of sp³-hybridized carbons (Fsp3) is 0.913. The Hall–Kier alpha value is -1.25. The summed E-state index contributed by atoms with van der Waals surface area (Å²) in [6.07, 6.45) is 45.7. The van der Waals surface area contributed by atoms with Crippen LogP contribution in [-0.4, -0.2) is 54.3 Å². The van der Waals surface area contributed by atoms with E-state index < -0.39 is 26.5 Å². The van der Waals surface area contributed by atoms with E-state index in [9.17, 15) is 24.2 Å². The third-order valence-electron chi connectivity index (χ3n) is 10.4. The normalized spacial score (nSPS) is 13.3. The van der Waals surface area contributed by atoms with E-state index in [1.54, 1.807) is 0 Å². The number of hydrogen-bond donors (Lipinski definition) is 3. The highest BCUT2D eigenvalue weighted by atomic mass is 31.2. The number of carbonyl (C=O) groups is 2. The second-order valence-corrected chi connectivity index (χ2v) is 17.5. The van der Waals surface area contributed by atoms with Crippen LogP contribution in [0.1, 0.15) is 239 Å². The smallest absolute Gasteiger partial charge is 0.463 e. The summed E-state index contributed by atoms with van der Waals surface area (Å²) < 4.78 is 26.9. The number of aliphatic hydroxyl groups excluding tert-OH is 1. The molecular formula is C46H90NO8P. The second kappa shape index (κ2) is 43.3. The van der Waals surface area contributed by atoms with Crippen molar-refractivity contribution < 1.29 is 37.9 Å². The van der Waals surface area contributed by atoms with E-state index >= 15 is 0 Å². The first-order valence-corrected chi connectivity index (χ1v) is 25.2. The molecule has 2 atom stereocenters. The van der Waals surface area contributed by atoms with Gasteiger partial charge in [0.25, 0.3) is 0 Å². The zero-order valence-electron chi connectivity index (χ0n) is 36.6. The molecule has 0 bridgehead atoms. The minimum absolute atomic E-state index is 0.0863. The number of carbonyl (C=O) groups excluding carboxylic acids is 2. The van der Waals surface area contributed by atoms with E-state index in [1.807, 2.05) is 0 Å². The van der Waals surface area contributed by atoms with Crippen molar-refractivity contribution in [2.45, 2.75) is 245 Å². The molecule has 0 spiro atoms. The lowest BCUT2D eigenvalue weighted by Gasteiger charge is -2.15. The van der Waals surface area contributed by atoms with Gasteiger partial charge in [-0.2, -0.15) is 0 Å². The average molecular weight is 816 g/mol. The standard InChI is InChI=1S/C46H90NO8P/c1-3-5-7-9-11-13-15-17-19-21-23-24-26-28-30-32-34-36-38-45(49)47-40-41-54-56(51,52)55-43-44(48)42-53-46(50)39-37-35-33-31-29-27-25-22-20-18-16-14-12-10-8-6-4-2/h18,20,44,48H,3-17,19,21-43H2,1-2H3,(H,47,49)(H,51,52)/b20-18-. The Labute approximate surface area is 345 Å². The molecular weight excluding hydrogens is 725 g/mol. The van der Waals surface area contributed by atoms with Gasteiger partial charge in [0.15, 0.2) is 0 Å². The molecule has 1 amide bonds. The minimum Gasteiger partial charge on any atom is -0.463 e. The number of phosphoric acid groups is 1. The highest BCUT2D eigenvalue weighted by molar-refractivity contribution is 7.47. The maximum atomic E-state index is 12.1. The number of rotatable bonds is 45. The lowest BCUT2D eigenvalue weighted by molar-refractivity contribution is -0.147. The molecule has 0 saturated carbocycles.